The predicted molar refractivity (Wildman–Crippen MR) is 63.9 cm³/mol. The van der Waals surface area contributed by atoms with Gasteiger partial charge >= 0.3 is 0 Å². The summed E-state index contributed by atoms with van der Waals surface area (Å²) in [5.74, 6) is -3.91. The predicted octanol–water partition coefficient (Wildman–Crippen LogP) is 3.64. The first-order valence-corrected chi connectivity index (χ1v) is 5.41. The van der Waals surface area contributed by atoms with Crippen LogP contribution in [0.1, 0.15) is 16.5 Å². The fraction of sp³-hybridized carbons (Fsp3) is 0.0909. The topological polar surface area (TPSA) is 26.0 Å². The first-order valence-electron chi connectivity index (χ1n) is 4.53. The molecule has 2 aromatic rings. The molecule has 0 fully saturated rings. The molecule has 1 atom stereocenters. The molecule has 0 aliphatic heterocycles. The molecule has 0 aliphatic rings. The molecule has 1 aromatic carbocycles. The van der Waals surface area contributed by atoms with Crippen molar-refractivity contribution < 1.29 is 13.2 Å². The highest BCUT2D eigenvalue weighted by Gasteiger charge is 2.16. The van der Waals surface area contributed by atoms with E-state index >= 15 is 0 Å². The Balaban J connectivity index is 0.00000144. The molecule has 0 radical (unpaired) electrons. The smallest absolute Gasteiger partial charge is 0.194 e. The number of benzene rings is 1. The monoisotopic (exact) mass is 279 g/mol. The van der Waals surface area contributed by atoms with Gasteiger partial charge in [-0.1, -0.05) is 6.07 Å². The van der Waals surface area contributed by atoms with Crippen LogP contribution in [0.15, 0.2) is 29.6 Å². The fourth-order valence-electron chi connectivity index (χ4n) is 1.39. The third-order valence-corrected chi connectivity index (χ3v) is 3.17. The average Bonchev–Trinajstić information content (AvgIpc) is 2.77. The van der Waals surface area contributed by atoms with Crippen LogP contribution in [0.3, 0.4) is 0 Å². The summed E-state index contributed by atoms with van der Waals surface area (Å²) in [7, 11) is 0. The molecular formula is C11H9ClF3NS. The van der Waals surface area contributed by atoms with E-state index < -0.39 is 23.5 Å². The molecule has 0 spiro atoms. The highest BCUT2D eigenvalue weighted by atomic mass is 35.5. The summed E-state index contributed by atoms with van der Waals surface area (Å²) in [5.41, 5.74) is 6.02. The normalized spacial score (nSPS) is 12.0. The van der Waals surface area contributed by atoms with Gasteiger partial charge in [-0.3, -0.25) is 0 Å². The second-order valence-corrected chi connectivity index (χ2v) is 4.27. The van der Waals surface area contributed by atoms with Crippen molar-refractivity contribution in [3.63, 3.8) is 0 Å². The van der Waals surface area contributed by atoms with Gasteiger partial charge in [0.25, 0.3) is 0 Å². The van der Waals surface area contributed by atoms with Crippen molar-refractivity contribution in [1.29, 1.82) is 0 Å². The van der Waals surface area contributed by atoms with Crippen molar-refractivity contribution in [1.82, 2.24) is 0 Å². The van der Waals surface area contributed by atoms with E-state index in [2.05, 4.69) is 0 Å². The van der Waals surface area contributed by atoms with Crippen molar-refractivity contribution in [2.24, 2.45) is 5.73 Å². The summed E-state index contributed by atoms with van der Waals surface area (Å²) in [4.78, 5) is 0.769. The standard InChI is InChI=1S/C11H8F3NS.ClH/c12-7-4-6(5-8(13)10(7)14)11(15)9-2-1-3-16-9;/h1-5,11H,15H2;1H/t11-;/m1./s1. The molecule has 1 aromatic heterocycles. The van der Waals surface area contributed by atoms with E-state index in [0.717, 1.165) is 17.0 Å². The molecular weight excluding hydrogens is 271 g/mol. The first-order chi connectivity index (χ1) is 7.59. The van der Waals surface area contributed by atoms with Crippen LogP contribution in [-0.4, -0.2) is 0 Å². The Morgan fingerprint density at radius 1 is 1.12 bits per heavy atom. The maximum atomic E-state index is 13.0. The molecule has 17 heavy (non-hydrogen) atoms. The summed E-state index contributed by atoms with van der Waals surface area (Å²) >= 11 is 1.38. The zero-order valence-electron chi connectivity index (χ0n) is 8.49. The Kier molecular flexibility index (Phi) is 4.56. The first kappa shape index (κ1) is 14.0. The number of nitrogens with two attached hydrogens (primary N) is 1. The van der Waals surface area contributed by atoms with Gasteiger partial charge in [-0.05, 0) is 29.1 Å². The lowest BCUT2D eigenvalue weighted by molar-refractivity contribution is 0.444. The van der Waals surface area contributed by atoms with Crippen molar-refractivity contribution in [2.75, 3.05) is 0 Å². The van der Waals surface area contributed by atoms with Gasteiger partial charge in [-0.2, -0.15) is 0 Å². The number of hydrogen-bond acceptors (Lipinski definition) is 2. The van der Waals surface area contributed by atoms with Crippen molar-refractivity contribution in [2.45, 2.75) is 6.04 Å². The van der Waals surface area contributed by atoms with Crippen LogP contribution < -0.4 is 5.73 Å². The van der Waals surface area contributed by atoms with E-state index in [4.69, 9.17) is 5.73 Å². The summed E-state index contributed by atoms with van der Waals surface area (Å²) in [5, 5.41) is 1.81. The van der Waals surface area contributed by atoms with Gasteiger partial charge in [0, 0.05) is 4.88 Å². The van der Waals surface area contributed by atoms with E-state index in [1.165, 1.54) is 11.3 Å². The molecule has 0 amide bonds. The number of thiophene rings is 1. The van der Waals surface area contributed by atoms with E-state index in [0.29, 0.717) is 0 Å². The van der Waals surface area contributed by atoms with Gasteiger partial charge in [0.05, 0.1) is 6.04 Å². The van der Waals surface area contributed by atoms with Gasteiger partial charge < -0.3 is 5.73 Å². The molecule has 0 unspecified atom stereocenters. The zero-order chi connectivity index (χ0) is 11.7. The lowest BCUT2D eigenvalue weighted by atomic mass is 10.1. The SMILES string of the molecule is Cl.N[C@H](c1cc(F)c(F)c(F)c1)c1cccs1. The highest BCUT2D eigenvalue weighted by Crippen LogP contribution is 2.25. The van der Waals surface area contributed by atoms with Crippen LogP contribution in [0.5, 0.6) is 0 Å². The Hall–Kier alpha value is -1.04. The molecule has 1 nitrogen and oxygen atoms in total. The second-order valence-electron chi connectivity index (χ2n) is 3.29. The molecule has 1 heterocycles. The van der Waals surface area contributed by atoms with Crippen LogP contribution >= 0.6 is 23.7 Å². The molecule has 0 saturated heterocycles. The lowest BCUT2D eigenvalue weighted by Crippen LogP contribution is -2.11. The average molecular weight is 280 g/mol. The number of halogens is 4. The molecule has 2 N–H and O–H groups in total. The van der Waals surface area contributed by atoms with Crippen LogP contribution in [0.25, 0.3) is 0 Å². The van der Waals surface area contributed by atoms with Crippen molar-refractivity contribution in [3.05, 3.63) is 57.5 Å². The summed E-state index contributed by atoms with van der Waals surface area (Å²) in [6.07, 6.45) is 0. The second kappa shape index (κ2) is 5.53. The summed E-state index contributed by atoms with van der Waals surface area (Å²) < 4.78 is 38.7. The summed E-state index contributed by atoms with van der Waals surface area (Å²) in [6, 6.07) is 4.75. The molecule has 0 saturated carbocycles. The van der Waals surface area contributed by atoms with E-state index in [9.17, 15) is 13.2 Å². The van der Waals surface area contributed by atoms with E-state index in [1.807, 2.05) is 5.38 Å². The van der Waals surface area contributed by atoms with Crippen molar-refractivity contribution >= 4 is 23.7 Å². The Morgan fingerprint density at radius 2 is 1.71 bits per heavy atom. The largest absolute Gasteiger partial charge is 0.320 e. The summed E-state index contributed by atoms with van der Waals surface area (Å²) in [6.45, 7) is 0. The van der Waals surface area contributed by atoms with Crippen LogP contribution in [0.2, 0.25) is 0 Å². The van der Waals surface area contributed by atoms with E-state index in [1.54, 1.807) is 12.1 Å². The number of hydrogen-bond donors (Lipinski definition) is 1. The lowest BCUT2D eigenvalue weighted by Gasteiger charge is -2.10. The Bertz CT molecular complexity index is 478. The van der Waals surface area contributed by atoms with Gasteiger partial charge in [0.1, 0.15) is 0 Å². The van der Waals surface area contributed by atoms with Gasteiger partial charge in [0.2, 0.25) is 0 Å². The molecule has 0 aliphatic carbocycles. The minimum absolute atomic E-state index is 0. The Labute approximate surface area is 106 Å². The minimum Gasteiger partial charge on any atom is -0.320 e. The molecule has 92 valence electrons. The van der Waals surface area contributed by atoms with Gasteiger partial charge in [-0.15, -0.1) is 23.7 Å². The Morgan fingerprint density at radius 3 is 2.18 bits per heavy atom. The minimum atomic E-state index is -1.47. The van der Waals surface area contributed by atoms with Crippen LogP contribution in [0, 0.1) is 17.5 Å². The third kappa shape index (κ3) is 2.80. The molecule has 0 bridgehead atoms. The fourth-order valence-corrected chi connectivity index (χ4v) is 2.14. The third-order valence-electron chi connectivity index (χ3n) is 2.21. The molecule has 2 rings (SSSR count). The van der Waals surface area contributed by atoms with Gasteiger partial charge in [-0.25, -0.2) is 13.2 Å². The van der Waals surface area contributed by atoms with Crippen LogP contribution in [0.4, 0.5) is 13.2 Å². The quantitative estimate of drug-likeness (QED) is 0.835. The number of rotatable bonds is 2. The maximum Gasteiger partial charge on any atom is 0.194 e. The van der Waals surface area contributed by atoms with Crippen LogP contribution in [-0.2, 0) is 0 Å². The maximum absolute atomic E-state index is 13.0. The van der Waals surface area contributed by atoms with Crippen molar-refractivity contribution in [3.8, 4) is 0 Å². The zero-order valence-corrected chi connectivity index (χ0v) is 10.1. The molecule has 6 heteroatoms. The van der Waals surface area contributed by atoms with E-state index in [-0.39, 0.29) is 18.0 Å². The van der Waals surface area contributed by atoms with Gasteiger partial charge in [0.15, 0.2) is 17.5 Å². The highest BCUT2D eigenvalue weighted by molar-refractivity contribution is 7.10.